The second-order valence-corrected chi connectivity index (χ2v) is 7.81. The lowest BCUT2D eigenvalue weighted by molar-refractivity contribution is -0.207. The number of benzene rings is 1. The van der Waals surface area contributed by atoms with Crippen LogP contribution >= 0.6 is 0 Å². The van der Waals surface area contributed by atoms with Crippen LogP contribution in [0, 0.1) is 0 Å². The van der Waals surface area contributed by atoms with Crippen LogP contribution in [0.3, 0.4) is 0 Å². The Labute approximate surface area is 174 Å². The minimum atomic E-state index is -0.963. The lowest BCUT2D eigenvalue weighted by atomic mass is 9.89. The lowest BCUT2D eigenvalue weighted by Crippen LogP contribution is -2.58. The molecule has 0 aliphatic carbocycles. The maximum absolute atomic E-state index is 12.9. The summed E-state index contributed by atoms with van der Waals surface area (Å²) in [5.41, 5.74) is 1.05. The summed E-state index contributed by atoms with van der Waals surface area (Å²) in [5, 5.41) is 0. The highest BCUT2D eigenvalue weighted by Crippen LogP contribution is 2.36. The minimum Gasteiger partial charge on any atom is -0.469 e. The second kappa shape index (κ2) is 9.34. The summed E-state index contributed by atoms with van der Waals surface area (Å²) in [6.07, 6.45) is -2.75. The molecule has 0 amide bonds. The maximum atomic E-state index is 12.9. The molecule has 0 bridgehead atoms. The van der Waals surface area contributed by atoms with Crippen molar-refractivity contribution >= 4 is 17.5 Å². The van der Waals surface area contributed by atoms with Gasteiger partial charge < -0.3 is 23.7 Å². The fourth-order valence-corrected chi connectivity index (χ4v) is 4.19. The average molecular weight is 418 g/mol. The summed E-state index contributed by atoms with van der Waals surface area (Å²) in [6.45, 7) is 0.785. The molecule has 162 valence electrons. The molecule has 0 radical (unpaired) electrons. The zero-order valence-corrected chi connectivity index (χ0v) is 16.9. The number of carbonyl (C=O) groups excluding carboxylic acids is 3. The molecular formula is C22H26O8. The molecule has 3 aliphatic heterocycles. The number of fused-ring (bicyclic) bond motifs is 2. The van der Waals surface area contributed by atoms with Crippen LogP contribution in [-0.2, 0) is 44.7 Å². The Bertz CT molecular complexity index is 779. The van der Waals surface area contributed by atoms with Crippen molar-refractivity contribution in [2.24, 2.45) is 0 Å². The molecule has 1 aromatic carbocycles. The van der Waals surface area contributed by atoms with E-state index in [2.05, 4.69) is 4.74 Å². The monoisotopic (exact) mass is 418 g/mol. The van der Waals surface area contributed by atoms with Gasteiger partial charge in [0.05, 0.1) is 32.3 Å². The fourth-order valence-electron chi connectivity index (χ4n) is 4.19. The molecule has 3 saturated heterocycles. The maximum Gasteiger partial charge on any atom is 0.308 e. The zero-order valence-electron chi connectivity index (χ0n) is 16.9. The van der Waals surface area contributed by atoms with E-state index in [0.29, 0.717) is 32.5 Å². The van der Waals surface area contributed by atoms with Crippen LogP contribution in [0.1, 0.15) is 31.2 Å². The van der Waals surface area contributed by atoms with Crippen LogP contribution < -0.4 is 0 Å². The molecule has 3 unspecified atom stereocenters. The number of hydrogen-bond donors (Lipinski definition) is 0. The molecule has 0 aromatic heterocycles. The molecule has 0 saturated carbocycles. The van der Waals surface area contributed by atoms with E-state index in [-0.39, 0.29) is 24.0 Å². The van der Waals surface area contributed by atoms with Gasteiger partial charge in [0, 0.05) is 13.0 Å². The molecule has 0 spiro atoms. The van der Waals surface area contributed by atoms with Gasteiger partial charge in [-0.05, 0) is 18.4 Å². The van der Waals surface area contributed by atoms with Gasteiger partial charge >= 0.3 is 5.97 Å². The van der Waals surface area contributed by atoms with Gasteiger partial charge in [0.25, 0.3) is 0 Å². The SMILES string of the molecule is COC(=O)C[C@H]1CCC2O[C@H]3C(=O)C(CCOCc4ccccc4)OC3C(=O)[C@H]2O1. The van der Waals surface area contributed by atoms with Gasteiger partial charge in [-0.2, -0.15) is 0 Å². The van der Waals surface area contributed by atoms with E-state index in [0.717, 1.165) is 5.56 Å². The first-order valence-electron chi connectivity index (χ1n) is 10.3. The predicted molar refractivity (Wildman–Crippen MR) is 103 cm³/mol. The third kappa shape index (κ3) is 4.46. The van der Waals surface area contributed by atoms with E-state index in [4.69, 9.17) is 18.9 Å². The quantitative estimate of drug-likeness (QED) is 0.484. The molecular weight excluding hydrogens is 392 g/mol. The Hall–Kier alpha value is -2.13. The van der Waals surface area contributed by atoms with Gasteiger partial charge in [-0.3, -0.25) is 14.4 Å². The second-order valence-electron chi connectivity index (χ2n) is 7.81. The van der Waals surface area contributed by atoms with Gasteiger partial charge in [-0.1, -0.05) is 30.3 Å². The van der Waals surface area contributed by atoms with E-state index < -0.39 is 36.6 Å². The van der Waals surface area contributed by atoms with Crippen molar-refractivity contribution in [3.8, 4) is 0 Å². The summed E-state index contributed by atoms with van der Waals surface area (Å²) < 4.78 is 27.8. The molecule has 4 rings (SSSR count). The first-order valence-corrected chi connectivity index (χ1v) is 10.3. The highest BCUT2D eigenvalue weighted by molar-refractivity contribution is 6.00. The number of hydrogen-bond acceptors (Lipinski definition) is 8. The van der Waals surface area contributed by atoms with Gasteiger partial charge in [-0.15, -0.1) is 0 Å². The van der Waals surface area contributed by atoms with E-state index in [9.17, 15) is 14.4 Å². The van der Waals surface area contributed by atoms with Crippen LogP contribution in [0.15, 0.2) is 30.3 Å². The van der Waals surface area contributed by atoms with Crippen molar-refractivity contribution in [2.45, 2.75) is 68.9 Å². The molecule has 0 N–H and O–H groups in total. The Kier molecular flexibility index (Phi) is 6.58. The summed E-state index contributed by atoms with van der Waals surface area (Å²) in [5.74, 6) is -0.887. The van der Waals surface area contributed by atoms with Crippen LogP contribution in [0.25, 0.3) is 0 Å². The van der Waals surface area contributed by atoms with E-state index in [1.54, 1.807) is 0 Å². The molecule has 3 fully saturated rings. The summed E-state index contributed by atoms with van der Waals surface area (Å²) in [4.78, 5) is 37.1. The van der Waals surface area contributed by atoms with Crippen molar-refractivity contribution in [3.05, 3.63) is 35.9 Å². The first-order chi connectivity index (χ1) is 14.6. The number of esters is 1. The van der Waals surface area contributed by atoms with E-state index in [1.165, 1.54) is 7.11 Å². The average Bonchev–Trinajstić information content (AvgIpc) is 3.08. The minimum absolute atomic E-state index is 0.0856. The summed E-state index contributed by atoms with van der Waals surface area (Å²) in [7, 11) is 1.31. The van der Waals surface area contributed by atoms with Crippen LogP contribution in [0.4, 0.5) is 0 Å². The van der Waals surface area contributed by atoms with Crippen molar-refractivity contribution in [1.29, 1.82) is 0 Å². The molecule has 8 heteroatoms. The van der Waals surface area contributed by atoms with Crippen molar-refractivity contribution in [3.63, 3.8) is 0 Å². The fraction of sp³-hybridized carbons (Fsp3) is 0.591. The number of carbonyl (C=O) groups is 3. The molecule has 3 heterocycles. The largest absolute Gasteiger partial charge is 0.469 e. The third-order valence-corrected chi connectivity index (χ3v) is 5.77. The predicted octanol–water partition coefficient (Wildman–Crippen LogP) is 1.38. The van der Waals surface area contributed by atoms with Crippen LogP contribution in [-0.4, -0.2) is 67.9 Å². The number of methoxy groups -OCH3 is 1. The molecule has 30 heavy (non-hydrogen) atoms. The summed E-state index contributed by atoms with van der Waals surface area (Å²) in [6, 6.07) is 9.74. The Morgan fingerprint density at radius 3 is 2.53 bits per heavy atom. The van der Waals surface area contributed by atoms with E-state index in [1.807, 2.05) is 30.3 Å². The summed E-state index contributed by atoms with van der Waals surface area (Å²) >= 11 is 0. The lowest BCUT2D eigenvalue weighted by Gasteiger charge is -2.41. The zero-order chi connectivity index (χ0) is 21.1. The van der Waals surface area contributed by atoms with Gasteiger partial charge in [0.15, 0.2) is 23.8 Å². The van der Waals surface area contributed by atoms with Gasteiger partial charge in [0.1, 0.15) is 12.2 Å². The standard InChI is InChI=1S/C22H26O8/c1-26-17(23)11-14-7-8-16-20(28-14)19(25)22-21(30-16)18(24)15(29-22)9-10-27-12-13-5-3-2-4-6-13/h2-6,14-16,20-22H,7-12H2,1H3/t14-,15?,16?,20+,21+,22?/m1/s1. The van der Waals surface area contributed by atoms with E-state index >= 15 is 0 Å². The number of ether oxygens (including phenoxy) is 5. The van der Waals surface area contributed by atoms with Gasteiger partial charge in [-0.25, -0.2) is 0 Å². The highest BCUT2D eigenvalue weighted by Gasteiger charge is 2.56. The third-order valence-electron chi connectivity index (χ3n) is 5.77. The van der Waals surface area contributed by atoms with Crippen molar-refractivity contribution < 1.29 is 38.1 Å². The highest BCUT2D eigenvalue weighted by atomic mass is 16.6. The first kappa shape index (κ1) is 21.1. The molecule has 6 atom stereocenters. The normalized spacial score (nSPS) is 33.1. The number of Topliss-reactive ketones (excluding diaryl/α,β-unsaturated/α-hetero) is 2. The molecule has 1 aromatic rings. The number of rotatable bonds is 7. The molecule has 8 nitrogen and oxygen atoms in total. The van der Waals surface area contributed by atoms with Crippen molar-refractivity contribution in [1.82, 2.24) is 0 Å². The van der Waals surface area contributed by atoms with Crippen LogP contribution in [0.5, 0.6) is 0 Å². The Balaban J connectivity index is 1.30. The smallest absolute Gasteiger partial charge is 0.308 e. The van der Waals surface area contributed by atoms with Gasteiger partial charge in [0.2, 0.25) is 0 Å². The Morgan fingerprint density at radius 1 is 1.00 bits per heavy atom. The van der Waals surface area contributed by atoms with Crippen molar-refractivity contribution in [2.75, 3.05) is 13.7 Å². The number of ketones is 2. The molecule has 3 aliphatic rings. The topological polar surface area (TPSA) is 97.4 Å². The Morgan fingerprint density at radius 2 is 1.77 bits per heavy atom. The van der Waals surface area contributed by atoms with Crippen LogP contribution in [0.2, 0.25) is 0 Å².